The van der Waals surface area contributed by atoms with Crippen molar-refractivity contribution < 1.29 is 0 Å². The van der Waals surface area contributed by atoms with Crippen LogP contribution in [0.25, 0.3) is 0 Å². The lowest BCUT2D eigenvalue weighted by atomic mass is 10.0. The maximum atomic E-state index is 5.84. The molecular weight excluding hydrogens is 168 g/mol. The van der Waals surface area contributed by atoms with E-state index in [1.165, 1.54) is 0 Å². The van der Waals surface area contributed by atoms with Gasteiger partial charge in [0.2, 0.25) is 0 Å². The summed E-state index contributed by atoms with van der Waals surface area (Å²) in [4.78, 5) is 4.26. The largest absolute Gasteiger partial charge is 0.398 e. The van der Waals surface area contributed by atoms with Gasteiger partial charge in [0.15, 0.2) is 0 Å². The van der Waals surface area contributed by atoms with Crippen LogP contribution in [0.15, 0.2) is 17.3 Å². The quantitative estimate of drug-likeness (QED) is 0.714. The normalized spacial score (nSPS) is 10.7. The predicted molar refractivity (Wildman–Crippen MR) is 54.5 cm³/mol. The van der Waals surface area contributed by atoms with Gasteiger partial charge in [-0.1, -0.05) is 13.8 Å². The Bertz CT molecular complexity index is 271. The van der Waals surface area contributed by atoms with Gasteiger partial charge in [-0.3, -0.25) is 0 Å². The Kier molecular flexibility index (Phi) is 2.98. The highest BCUT2D eigenvalue weighted by Crippen LogP contribution is 2.23. The van der Waals surface area contributed by atoms with Crippen LogP contribution in [-0.2, 0) is 0 Å². The molecule has 0 atom stereocenters. The molecule has 0 radical (unpaired) electrons. The number of nitrogen functional groups attached to an aromatic ring is 1. The second kappa shape index (κ2) is 3.81. The molecule has 2 nitrogen and oxygen atoms in total. The van der Waals surface area contributed by atoms with Crippen LogP contribution in [0.1, 0.15) is 25.3 Å². The molecule has 0 unspecified atom stereocenters. The van der Waals surface area contributed by atoms with E-state index in [-0.39, 0.29) is 0 Å². The molecule has 1 aromatic rings. The summed E-state index contributed by atoms with van der Waals surface area (Å²) < 4.78 is 0. The van der Waals surface area contributed by atoms with E-state index in [9.17, 15) is 0 Å². The summed E-state index contributed by atoms with van der Waals surface area (Å²) in [7, 11) is 0. The van der Waals surface area contributed by atoms with Crippen molar-refractivity contribution in [2.24, 2.45) is 0 Å². The summed E-state index contributed by atoms with van der Waals surface area (Å²) >= 11 is 1.61. The van der Waals surface area contributed by atoms with Gasteiger partial charge in [0.1, 0.15) is 0 Å². The van der Waals surface area contributed by atoms with Gasteiger partial charge in [0, 0.05) is 11.9 Å². The molecule has 1 rings (SSSR count). The average Bonchev–Trinajstić information content (AvgIpc) is 2.03. The molecule has 0 saturated heterocycles. The summed E-state index contributed by atoms with van der Waals surface area (Å²) in [5.74, 6) is 0.452. The third kappa shape index (κ3) is 1.91. The van der Waals surface area contributed by atoms with Crippen molar-refractivity contribution in [1.29, 1.82) is 0 Å². The Hall–Kier alpha value is -0.700. The van der Waals surface area contributed by atoms with Crippen molar-refractivity contribution in [2.75, 3.05) is 12.0 Å². The van der Waals surface area contributed by atoms with Gasteiger partial charge in [0.05, 0.1) is 5.03 Å². The number of hydrogen-bond acceptors (Lipinski definition) is 3. The average molecular weight is 182 g/mol. The number of hydrogen-bond donors (Lipinski definition) is 1. The Morgan fingerprint density at radius 2 is 2.17 bits per heavy atom. The number of rotatable bonds is 2. The van der Waals surface area contributed by atoms with E-state index in [0.29, 0.717) is 5.92 Å². The molecule has 3 heteroatoms. The zero-order chi connectivity index (χ0) is 9.14. The summed E-state index contributed by atoms with van der Waals surface area (Å²) in [6, 6.07) is 1.93. The molecule has 1 heterocycles. The molecule has 2 N–H and O–H groups in total. The van der Waals surface area contributed by atoms with Crippen molar-refractivity contribution in [3.8, 4) is 0 Å². The van der Waals surface area contributed by atoms with E-state index in [1.54, 1.807) is 11.8 Å². The van der Waals surface area contributed by atoms with E-state index in [1.807, 2.05) is 18.5 Å². The Labute approximate surface area is 77.6 Å². The van der Waals surface area contributed by atoms with Crippen molar-refractivity contribution in [2.45, 2.75) is 24.8 Å². The molecule has 0 fully saturated rings. The van der Waals surface area contributed by atoms with Crippen LogP contribution in [0.5, 0.6) is 0 Å². The van der Waals surface area contributed by atoms with E-state index >= 15 is 0 Å². The number of aromatic nitrogens is 1. The molecule has 1 aromatic heterocycles. The highest BCUT2D eigenvalue weighted by molar-refractivity contribution is 7.98. The fraction of sp³-hybridized carbons (Fsp3) is 0.444. The van der Waals surface area contributed by atoms with E-state index < -0.39 is 0 Å². The second-order valence-electron chi connectivity index (χ2n) is 3.01. The van der Waals surface area contributed by atoms with E-state index in [0.717, 1.165) is 16.3 Å². The van der Waals surface area contributed by atoms with Crippen molar-refractivity contribution in [3.63, 3.8) is 0 Å². The topological polar surface area (TPSA) is 38.9 Å². The van der Waals surface area contributed by atoms with Crippen LogP contribution in [0.3, 0.4) is 0 Å². The van der Waals surface area contributed by atoms with Crippen LogP contribution in [0.4, 0.5) is 5.69 Å². The first-order valence-electron chi connectivity index (χ1n) is 3.94. The molecule has 0 aromatic carbocycles. The minimum atomic E-state index is 0.452. The fourth-order valence-electron chi connectivity index (χ4n) is 1.06. The van der Waals surface area contributed by atoms with E-state index in [4.69, 9.17) is 5.73 Å². The molecule has 66 valence electrons. The van der Waals surface area contributed by atoms with Gasteiger partial charge >= 0.3 is 0 Å². The summed E-state index contributed by atoms with van der Waals surface area (Å²) in [6.45, 7) is 4.23. The highest BCUT2D eigenvalue weighted by atomic mass is 32.2. The van der Waals surface area contributed by atoms with Crippen LogP contribution < -0.4 is 5.73 Å². The monoisotopic (exact) mass is 182 g/mol. The lowest BCUT2D eigenvalue weighted by molar-refractivity contribution is 0.854. The van der Waals surface area contributed by atoms with Gasteiger partial charge in [-0.2, -0.15) is 0 Å². The van der Waals surface area contributed by atoms with Gasteiger partial charge in [-0.15, -0.1) is 11.8 Å². The Balaban J connectivity index is 3.03. The Morgan fingerprint density at radius 1 is 1.50 bits per heavy atom. The first kappa shape index (κ1) is 9.39. The minimum absolute atomic E-state index is 0.452. The maximum Gasteiger partial charge on any atom is 0.0977 e. The molecular formula is C9H14N2S. The van der Waals surface area contributed by atoms with E-state index in [2.05, 4.69) is 18.8 Å². The predicted octanol–water partition coefficient (Wildman–Crippen LogP) is 2.51. The standard InChI is InChI=1S/C9H14N2S/c1-6(2)7-5-11-9(12-3)4-8(7)10/h4-6H,1-3H3,(H2,10,11). The third-order valence-corrected chi connectivity index (χ3v) is 2.42. The van der Waals surface area contributed by atoms with Crippen molar-refractivity contribution in [1.82, 2.24) is 4.98 Å². The fourth-order valence-corrected chi connectivity index (χ4v) is 1.46. The molecule has 0 amide bonds. The molecule has 0 aliphatic heterocycles. The van der Waals surface area contributed by atoms with Gasteiger partial charge in [0.25, 0.3) is 0 Å². The summed E-state index contributed by atoms with van der Waals surface area (Å²) in [5.41, 5.74) is 7.83. The molecule has 0 aliphatic rings. The summed E-state index contributed by atoms with van der Waals surface area (Å²) in [6.07, 6.45) is 3.86. The highest BCUT2D eigenvalue weighted by Gasteiger charge is 2.04. The SMILES string of the molecule is CSc1cc(N)c(C(C)C)cn1. The number of nitrogens with zero attached hydrogens (tertiary/aromatic N) is 1. The smallest absolute Gasteiger partial charge is 0.0977 e. The number of anilines is 1. The molecule has 0 saturated carbocycles. The number of pyridine rings is 1. The second-order valence-corrected chi connectivity index (χ2v) is 3.84. The van der Waals surface area contributed by atoms with Crippen LogP contribution in [0.2, 0.25) is 0 Å². The zero-order valence-corrected chi connectivity index (χ0v) is 8.48. The van der Waals surface area contributed by atoms with Crippen LogP contribution in [-0.4, -0.2) is 11.2 Å². The van der Waals surface area contributed by atoms with Gasteiger partial charge < -0.3 is 5.73 Å². The molecule has 0 spiro atoms. The van der Waals surface area contributed by atoms with Gasteiger partial charge in [-0.25, -0.2) is 4.98 Å². The van der Waals surface area contributed by atoms with Gasteiger partial charge in [-0.05, 0) is 23.8 Å². The van der Waals surface area contributed by atoms with Crippen molar-refractivity contribution in [3.05, 3.63) is 17.8 Å². The van der Waals surface area contributed by atoms with Crippen molar-refractivity contribution >= 4 is 17.4 Å². The number of thioether (sulfide) groups is 1. The maximum absolute atomic E-state index is 5.84. The third-order valence-electron chi connectivity index (χ3n) is 1.77. The Morgan fingerprint density at radius 3 is 2.58 bits per heavy atom. The van der Waals surface area contributed by atoms with Crippen LogP contribution >= 0.6 is 11.8 Å². The number of nitrogens with two attached hydrogens (primary N) is 1. The molecule has 0 bridgehead atoms. The minimum Gasteiger partial charge on any atom is -0.398 e. The first-order valence-corrected chi connectivity index (χ1v) is 5.17. The summed E-state index contributed by atoms with van der Waals surface area (Å²) in [5, 5.41) is 0.983. The van der Waals surface area contributed by atoms with Crippen LogP contribution in [0, 0.1) is 0 Å². The zero-order valence-electron chi connectivity index (χ0n) is 7.66. The molecule has 0 aliphatic carbocycles. The molecule has 12 heavy (non-hydrogen) atoms. The lowest BCUT2D eigenvalue weighted by Gasteiger charge is -2.08. The first-order chi connectivity index (χ1) is 5.65. The lowest BCUT2D eigenvalue weighted by Crippen LogP contribution is -1.97.